The van der Waals surface area contributed by atoms with Crippen LogP contribution in [0.15, 0.2) is 60.8 Å². The molecule has 60 heavy (non-hydrogen) atoms. The Morgan fingerprint density at radius 1 is 0.483 bits per heavy atom. The van der Waals surface area contributed by atoms with Crippen molar-refractivity contribution in [2.24, 2.45) is 0 Å². The van der Waals surface area contributed by atoms with Crippen LogP contribution in [0.25, 0.3) is 0 Å². The number of carbonyl (C=O) groups excluding carboxylic acids is 2. The van der Waals surface area contributed by atoms with Gasteiger partial charge in [-0.05, 0) is 44.9 Å². The van der Waals surface area contributed by atoms with E-state index in [-0.39, 0.29) is 24.9 Å². The van der Waals surface area contributed by atoms with Crippen LogP contribution in [0.3, 0.4) is 0 Å². The van der Waals surface area contributed by atoms with Crippen LogP contribution in [0, 0.1) is 0 Å². The predicted molar refractivity (Wildman–Crippen MR) is 259 cm³/mol. The molecule has 1 amide bonds. The highest BCUT2D eigenvalue weighted by atomic mass is 16.5. The van der Waals surface area contributed by atoms with Gasteiger partial charge in [0.1, 0.15) is 6.10 Å². The van der Waals surface area contributed by atoms with Gasteiger partial charge >= 0.3 is 5.97 Å². The highest BCUT2D eigenvalue weighted by molar-refractivity contribution is 5.77. The van der Waals surface area contributed by atoms with E-state index in [1.54, 1.807) is 0 Å². The summed E-state index contributed by atoms with van der Waals surface area (Å²) in [5, 5.41) is 23.7. The number of hydrogen-bond donors (Lipinski definition) is 3. The van der Waals surface area contributed by atoms with Crippen LogP contribution in [0.5, 0.6) is 0 Å². The molecule has 3 unspecified atom stereocenters. The number of esters is 1. The van der Waals surface area contributed by atoms with Crippen molar-refractivity contribution >= 4 is 11.9 Å². The van der Waals surface area contributed by atoms with Crippen LogP contribution in [0.1, 0.15) is 245 Å². The van der Waals surface area contributed by atoms with Crippen molar-refractivity contribution in [2.75, 3.05) is 6.61 Å². The van der Waals surface area contributed by atoms with Gasteiger partial charge in [0.15, 0.2) is 0 Å². The van der Waals surface area contributed by atoms with Crippen LogP contribution >= 0.6 is 0 Å². The summed E-state index contributed by atoms with van der Waals surface area (Å²) in [6.07, 6.45) is 58.4. The molecule has 0 aromatic carbocycles. The average Bonchev–Trinajstić information content (AvgIpc) is 3.24. The molecular formula is C54H97NO5. The fourth-order valence-corrected chi connectivity index (χ4v) is 7.58. The molecule has 0 aliphatic rings. The molecule has 0 aliphatic heterocycles. The molecule has 3 atom stereocenters. The van der Waals surface area contributed by atoms with Crippen molar-refractivity contribution in [2.45, 2.75) is 264 Å². The maximum atomic E-state index is 13.2. The topological polar surface area (TPSA) is 95.9 Å². The summed E-state index contributed by atoms with van der Waals surface area (Å²) in [6.45, 7) is 6.38. The van der Waals surface area contributed by atoms with Crippen LogP contribution in [-0.2, 0) is 14.3 Å². The van der Waals surface area contributed by atoms with Crippen molar-refractivity contribution < 1.29 is 24.5 Å². The Morgan fingerprint density at radius 3 is 1.35 bits per heavy atom. The van der Waals surface area contributed by atoms with Gasteiger partial charge in [-0.25, -0.2) is 0 Å². The highest BCUT2D eigenvalue weighted by Crippen LogP contribution is 2.18. The van der Waals surface area contributed by atoms with Crippen molar-refractivity contribution in [3.63, 3.8) is 0 Å². The second-order valence-electron chi connectivity index (χ2n) is 17.3. The first-order chi connectivity index (χ1) is 29.5. The number of rotatable bonds is 45. The minimum atomic E-state index is -0.791. The third-order valence-corrected chi connectivity index (χ3v) is 11.5. The minimum absolute atomic E-state index is 0.0675. The maximum absolute atomic E-state index is 13.2. The summed E-state index contributed by atoms with van der Waals surface area (Å²) in [5.74, 6) is -0.499. The number of hydrogen-bond acceptors (Lipinski definition) is 5. The van der Waals surface area contributed by atoms with Gasteiger partial charge in [-0.3, -0.25) is 9.59 Å². The summed E-state index contributed by atoms with van der Waals surface area (Å²) in [5.41, 5.74) is 0. The Hall–Kier alpha value is -2.44. The number of allylic oxidation sites excluding steroid dienone is 10. The maximum Gasteiger partial charge on any atom is 0.306 e. The number of nitrogens with one attached hydrogen (secondary N) is 1. The molecule has 0 saturated carbocycles. The number of unbranched alkanes of at least 4 members (excludes halogenated alkanes) is 27. The van der Waals surface area contributed by atoms with Gasteiger partial charge in [0, 0.05) is 6.42 Å². The van der Waals surface area contributed by atoms with Gasteiger partial charge in [0.25, 0.3) is 0 Å². The first-order valence-electron chi connectivity index (χ1n) is 25.6. The number of ether oxygens (including phenoxy) is 1. The van der Waals surface area contributed by atoms with Crippen LogP contribution in [0.2, 0.25) is 0 Å². The van der Waals surface area contributed by atoms with E-state index in [9.17, 15) is 19.8 Å². The first-order valence-corrected chi connectivity index (χ1v) is 25.6. The number of amides is 1. The molecule has 0 radical (unpaired) electrons. The van der Waals surface area contributed by atoms with Gasteiger partial charge in [0.05, 0.1) is 25.2 Å². The summed E-state index contributed by atoms with van der Waals surface area (Å²) in [6, 6.07) is -0.706. The molecule has 0 aromatic rings. The molecule has 348 valence electrons. The first kappa shape index (κ1) is 57.6. The fourth-order valence-electron chi connectivity index (χ4n) is 7.58. The average molecular weight is 840 g/mol. The lowest BCUT2D eigenvalue weighted by molar-refractivity contribution is -0.151. The smallest absolute Gasteiger partial charge is 0.306 e. The van der Waals surface area contributed by atoms with E-state index in [1.807, 2.05) is 24.3 Å². The molecule has 0 heterocycles. The Kier molecular flexibility index (Phi) is 45.7. The van der Waals surface area contributed by atoms with Gasteiger partial charge in [-0.15, -0.1) is 0 Å². The van der Waals surface area contributed by atoms with E-state index >= 15 is 0 Å². The monoisotopic (exact) mass is 840 g/mol. The molecule has 6 nitrogen and oxygen atoms in total. The number of carbonyl (C=O) groups is 2. The minimum Gasteiger partial charge on any atom is -0.462 e. The predicted octanol–water partition coefficient (Wildman–Crippen LogP) is 15.2. The van der Waals surface area contributed by atoms with Gasteiger partial charge in [0.2, 0.25) is 5.91 Å². The second-order valence-corrected chi connectivity index (χ2v) is 17.3. The number of aliphatic hydroxyl groups is 2. The Bertz CT molecular complexity index is 1080. The Labute approximate surface area is 371 Å². The number of aliphatic hydroxyl groups excluding tert-OH is 2. The third kappa shape index (κ3) is 42.3. The van der Waals surface area contributed by atoms with Crippen molar-refractivity contribution in [3.05, 3.63) is 60.8 Å². The van der Waals surface area contributed by atoms with Gasteiger partial charge in [-0.2, -0.15) is 0 Å². The second kappa shape index (κ2) is 47.6. The molecule has 0 aromatic heterocycles. The molecule has 0 spiro atoms. The molecule has 0 bridgehead atoms. The van der Waals surface area contributed by atoms with Crippen LogP contribution < -0.4 is 5.32 Å². The molecule has 0 aliphatic carbocycles. The van der Waals surface area contributed by atoms with Crippen molar-refractivity contribution in [1.29, 1.82) is 0 Å². The van der Waals surface area contributed by atoms with E-state index in [4.69, 9.17) is 4.74 Å². The van der Waals surface area contributed by atoms with E-state index in [0.717, 1.165) is 77.0 Å². The zero-order valence-electron chi connectivity index (χ0n) is 39.6. The molecule has 3 N–H and O–H groups in total. The van der Waals surface area contributed by atoms with Crippen LogP contribution in [0.4, 0.5) is 0 Å². The molecular weight excluding hydrogens is 743 g/mol. The fraction of sp³-hybridized carbons (Fsp3) is 0.778. The normalized spacial score (nSPS) is 13.8. The van der Waals surface area contributed by atoms with E-state index in [1.165, 1.54) is 122 Å². The molecule has 6 heteroatoms. The Balaban J connectivity index is 4.58. The van der Waals surface area contributed by atoms with Crippen molar-refractivity contribution in [1.82, 2.24) is 5.32 Å². The van der Waals surface area contributed by atoms with Gasteiger partial charge in [-0.1, -0.05) is 248 Å². The lowest BCUT2D eigenvalue weighted by atomic mass is 10.0. The quantitative estimate of drug-likeness (QED) is 0.0322. The lowest BCUT2D eigenvalue weighted by Gasteiger charge is -2.24. The van der Waals surface area contributed by atoms with E-state index in [0.29, 0.717) is 19.3 Å². The summed E-state index contributed by atoms with van der Waals surface area (Å²) in [4.78, 5) is 26.1. The molecule has 0 fully saturated rings. The summed E-state index contributed by atoms with van der Waals surface area (Å²) < 4.78 is 5.92. The van der Waals surface area contributed by atoms with E-state index in [2.05, 4.69) is 62.5 Å². The van der Waals surface area contributed by atoms with E-state index < -0.39 is 18.2 Å². The molecule has 0 saturated heterocycles. The standard InChI is InChI=1S/C54H97NO5/c1-4-7-10-13-16-19-22-24-25-26-27-28-29-32-35-38-41-44-47-54(59)60-50(45-42-39-36-33-30-21-18-15-12-9-6-3)48-53(58)55-51(49-56)52(57)46-43-40-37-34-31-23-20-17-14-11-8-5-2/h10,13,16,19,22,24-28,50-52,56-57H,4-9,11-12,14-15,17-18,20-21,23,29-49H2,1-3H3,(H,55,58)/b13-10+,19-16+,24-22+,26-25+,28-27+. The lowest BCUT2D eigenvalue weighted by Crippen LogP contribution is -2.46. The van der Waals surface area contributed by atoms with Gasteiger partial charge < -0.3 is 20.3 Å². The highest BCUT2D eigenvalue weighted by Gasteiger charge is 2.24. The Morgan fingerprint density at radius 2 is 0.883 bits per heavy atom. The molecule has 0 rings (SSSR count). The SMILES string of the molecule is CCC/C=C/C=C/C=C/C=C/C=C/CCCCCCCC(=O)OC(CCCCCCCCCCCCC)CC(=O)NC(CO)C(O)CCCCCCCCCCCCCC. The third-order valence-electron chi connectivity index (χ3n) is 11.5. The summed E-state index contributed by atoms with van der Waals surface area (Å²) >= 11 is 0. The zero-order chi connectivity index (χ0) is 43.8. The zero-order valence-corrected chi connectivity index (χ0v) is 39.6. The van der Waals surface area contributed by atoms with Crippen molar-refractivity contribution in [3.8, 4) is 0 Å². The van der Waals surface area contributed by atoms with Crippen LogP contribution in [-0.4, -0.2) is 46.9 Å². The largest absolute Gasteiger partial charge is 0.462 e. The summed E-state index contributed by atoms with van der Waals surface area (Å²) in [7, 11) is 0.